The number of rotatable bonds is 6. The van der Waals surface area contributed by atoms with Crippen LogP contribution in [-0.4, -0.2) is 50.1 Å². The van der Waals surface area contributed by atoms with Crippen LogP contribution in [-0.2, 0) is 14.3 Å². The maximum atomic E-state index is 12.2. The van der Waals surface area contributed by atoms with Gasteiger partial charge in [0.2, 0.25) is 11.8 Å². The van der Waals surface area contributed by atoms with Gasteiger partial charge in [-0.25, -0.2) is 0 Å². The van der Waals surface area contributed by atoms with Crippen LogP contribution in [0.3, 0.4) is 0 Å². The highest BCUT2D eigenvalue weighted by atomic mass is 16.5. The van der Waals surface area contributed by atoms with Crippen LogP contribution >= 0.6 is 0 Å². The lowest BCUT2D eigenvalue weighted by Gasteiger charge is -2.28. The Morgan fingerprint density at radius 2 is 2.47 bits per heavy atom. The quantitative estimate of drug-likeness (QED) is 0.673. The zero-order chi connectivity index (χ0) is 12.7. The largest absolute Gasteiger partial charge is 0.383 e. The van der Waals surface area contributed by atoms with Crippen LogP contribution in [0.4, 0.5) is 0 Å². The summed E-state index contributed by atoms with van der Waals surface area (Å²) in [7, 11) is 1.61. The Bertz CT molecular complexity index is 281. The molecule has 17 heavy (non-hydrogen) atoms. The number of carbonyl (C=O) groups excluding carboxylic acids is 2. The van der Waals surface area contributed by atoms with Gasteiger partial charge in [0, 0.05) is 33.2 Å². The van der Waals surface area contributed by atoms with Gasteiger partial charge < -0.3 is 15.0 Å². The number of piperidine rings is 1. The summed E-state index contributed by atoms with van der Waals surface area (Å²) in [6.07, 6.45) is 2.77. The van der Waals surface area contributed by atoms with Crippen molar-refractivity contribution in [2.24, 2.45) is 5.92 Å². The lowest BCUT2D eigenvalue weighted by molar-refractivity contribution is -0.137. The van der Waals surface area contributed by atoms with Gasteiger partial charge in [-0.3, -0.25) is 9.59 Å². The number of carbonyl (C=O) groups is 2. The summed E-state index contributed by atoms with van der Waals surface area (Å²) in [6, 6.07) is 0. The molecular formula is C12H20N2O3. The van der Waals surface area contributed by atoms with Gasteiger partial charge >= 0.3 is 0 Å². The first kappa shape index (κ1) is 13.7. The molecule has 0 spiro atoms. The number of methoxy groups -OCH3 is 1. The maximum Gasteiger partial charge on any atom is 0.227 e. The predicted molar refractivity (Wildman–Crippen MR) is 64.4 cm³/mol. The fourth-order valence-electron chi connectivity index (χ4n) is 1.85. The second-order valence-corrected chi connectivity index (χ2v) is 4.11. The van der Waals surface area contributed by atoms with Crippen molar-refractivity contribution in [3.63, 3.8) is 0 Å². The van der Waals surface area contributed by atoms with Crippen molar-refractivity contribution in [2.45, 2.75) is 12.8 Å². The third-order valence-corrected chi connectivity index (χ3v) is 2.84. The Morgan fingerprint density at radius 3 is 3.00 bits per heavy atom. The highest BCUT2D eigenvalue weighted by molar-refractivity contribution is 5.83. The van der Waals surface area contributed by atoms with Gasteiger partial charge in [0.15, 0.2) is 0 Å². The molecule has 5 heteroatoms. The third kappa shape index (κ3) is 4.19. The molecule has 1 N–H and O–H groups in total. The SMILES string of the molecule is C=CCN(CCOC)C(=O)C1CCC(=O)NC1. The summed E-state index contributed by atoms with van der Waals surface area (Å²) in [6.45, 7) is 5.68. The molecule has 0 saturated carbocycles. The Kier molecular flexibility index (Phi) is 5.69. The van der Waals surface area contributed by atoms with Crippen LogP contribution in [0.2, 0.25) is 0 Å². The Balaban J connectivity index is 2.50. The topological polar surface area (TPSA) is 58.6 Å². The van der Waals surface area contributed by atoms with Gasteiger partial charge in [0.05, 0.1) is 12.5 Å². The molecule has 5 nitrogen and oxygen atoms in total. The smallest absolute Gasteiger partial charge is 0.227 e. The van der Waals surface area contributed by atoms with Crippen molar-refractivity contribution < 1.29 is 14.3 Å². The summed E-state index contributed by atoms with van der Waals surface area (Å²) in [5, 5.41) is 2.72. The second kappa shape index (κ2) is 7.06. The molecule has 0 aromatic heterocycles. The number of hydrogen-bond donors (Lipinski definition) is 1. The summed E-state index contributed by atoms with van der Waals surface area (Å²) < 4.78 is 4.98. The Morgan fingerprint density at radius 1 is 1.71 bits per heavy atom. The van der Waals surface area contributed by atoms with Gasteiger partial charge in [0.25, 0.3) is 0 Å². The summed E-state index contributed by atoms with van der Waals surface area (Å²) in [4.78, 5) is 24.9. The average Bonchev–Trinajstić information content (AvgIpc) is 2.34. The molecule has 1 unspecified atom stereocenters. The molecule has 0 radical (unpaired) electrons. The maximum absolute atomic E-state index is 12.2. The van der Waals surface area contributed by atoms with Crippen LogP contribution in [0.5, 0.6) is 0 Å². The van der Waals surface area contributed by atoms with Gasteiger partial charge in [0.1, 0.15) is 0 Å². The first-order chi connectivity index (χ1) is 8.19. The van der Waals surface area contributed by atoms with Gasteiger partial charge in [-0.05, 0) is 6.42 Å². The van der Waals surface area contributed by atoms with Crippen LogP contribution in [0.1, 0.15) is 12.8 Å². The third-order valence-electron chi connectivity index (χ3n) is 2.84. The van der Waals surface area contributed by atoms with Crippen molar-refractivity contribution in [3.05, 3.63) is 12.7 Å². The molecule has 1 saturated heterocycles. The summed E-state index contributed by atoms with van der Waals surface area (Å²) in [5.74, 6) is -0.00679. The first-order valence-electron chi connectivity index (χ1n) is 5.84. The average molecular weight is 240 g/mol. The monoisotopic (exact) mass is 240 g/mol. The molecule has 0 aliphatic carbocycles. The minimum atomic E-state index is -0.107. The van der Waals surface area contributed by atoms with E-state index in [0.29, 0.717) is 39.1 Å². The standard InChI is InChI=1S/C12H20N2O3/c1-3-6-14(7-8-17-2)12(16)10-4-5-11(15)13-9-10/h3,10H,1,4-9H2,2H3,(H,13,15). The molecule has 0 bridgehead atoms. The van der Waals surface area contributed by atoms with E-state index in [4.69, 9.17) is 4.74 Å². The van der Waals surface area contributed by atoms with Crippen LogP contribution in [0.25, 0.3) is 0 Å². The van der Waals surface area contributed by atoms with E-state index in [9.17, 15) is 9.59 Å². The first-order valence-corrected chi connectivity index (χ1v) is 5.84. The molecule has 1 aliphatic heterocycles. The molecule has 1 fully saturated rings. The molecule has 1 rings (SSSR count). The van der Waals surface area contributed by atoms with Gasteiger partial charge in [-0.15, -0.1) is 6.58 Å². The lowest BCUT2D eigenvalue weighted by atomic mass is 9.97. The molecule has 1 aliphatic rings. The van der Waals surface area contributed by atoms with E-state index in [0.717, 1.165) is 0 Å². The Hall–Kier alpha value is -1.36. The minimum absolute atomic E-state index is 0.0289. The zero-order valence-corrected chi connectivity index (χ0v) is 10.3. The predicted octanol–water partition coefficient (Wildman–Crippen LogP) is 0.174. The van der Waals surface area contributed by atoms with E-state index in [1.807, 2.05) is 0 Å². The van der Waals surface area contributed by atoms with Crippen LogP contribution in [0, 0.1) is 5.92 Å². The van der Waals surface area contributed by atoms with E-state index in [1.54, 1.807) is 18.1 Å². The van der Waals surface area contributed by atoms with Gasteiger partial charge in [-0.2, -0.15) is 0 Å². The number of nitrogens with one attached hydrogen (secondary N) is 1. The molecule has 0 aromatic rings. The molecule has 2 amide bonds. The second-order valence-electron chi connectivity index (χ2n) is 4.11. The number of ether oxygens (including phenoxy) is 1. The Labute approximate surface area is 102 Å². The van der Waals surface area contributed by atoms with Crippen molar-refractivity contribution >= 4 is 11.8 Å². The normalized spacial score (nSPS) is 19.6. The highest BCUT2D eigenvalue weighted by Gasteiger charge is 2.27. The molecule has 1 heterocycles. The van der Waals surface area contributed by atoms with E-state index in [2.05, 4.69) is 11.9 Å². The summed E-state index contributed by atoms with van der Waals surface area (Å²) in [5.41, 5.74) is 0. The van der Waals surface area contributed by atoms with Crippen molar-refractivity contribution in [3.8, 4) is 0 Å². The fraction of sp³-hybridized carbons (Fsp3) is 0.667. The number of nitrogens with zero attached hydrogens (tertiary/aromatic N) is 1. The van der Waals surface area contributed by atoms with Gasteiger partial charge in [-0.1, -0.05) is 6.08 Å². The van der Waals surface area contributed by atoms with E-state index >= 15 is 0 Å². The number of hydrogen-bond acceptors (Lipinski definition) is 3. The number of amides is 2. The van der Waals surface area contributed by atoms with E-state index < -0.39 is 0 Å². The van der Waals surface area contributed by atoms with Crippen molar-refractivity contribution in [2.75, 3.05) is 33.4 Å². The molecular weight excluding hydrogens is 220 g/mol. The van der Waals surface area contributed by atoms with Crippen molar-refractivity contribution in [1.82, 2.24) is 10.2 Å². The molecule has 1 atom stereocenters. The van der Waals surface area contributed by atoms with Crippen molar-refractivity contribution in [1.29, 1.82) is 0 Å². The van der Waals surface area contributed by atoms with E-state index in [1.165, 1.54) is 0 Å². The van der Waals surface area contributed by atoms with Crippen LogP contribution in [0.15, 0.2) is 12.7 Å². The minimum Gasteiger partial charge on any atom is -0.383 e. The molecule has 0 aromatic carbocycles. The summed E-state index contributed by atoms with van der Waals surface area (Å²) >= 11 is 0. The highest BCUT2D eigenvalue weighted by Crippen LogP contribution is 2.14. The molecule has 96 valence electrons. The fourth-order valence-corrected chi connectivity index (χ4v) is 1.85. The zero-order valence-electron chi connectivity index (χ0n) is 10.3. The lowest BCUT2D eigenvalue weighted by Crippen LogP contribution is -2.45. The van der Waals surface area contributed by atoms with E-state index in [-0.39, 0.29) is 17.7 Å². The van der Waals surface area contributed by atoms with Crippen LogP contribution < -0.4 is 5.32 Å².